The quantitative estimate of drug-likeness (QED) is 0.663. The van der Waals surface area contributed by atoms with Gasteiger partial charge in [0.1, 0.15) is 0 Å². The Bertz CT molecular complexity index is 294. The molecule has 0 atom stereocenters. The van der Waals surface area contributed by atoms with Crippen LogP contribution in [0.3, 0.4) is 0 Å². The first kappa shape index (κ1) is 11.4. The summed E-state index contributed by atoms with van der Waals surface area (Å²) < 4.78 is 0. The second-order valence-corrected chi connectivity index (χ2v) is 4.73. The van der Waals surface area contributed by atoms with Gasteiger partial charge in [0.25, 0.3) is 0 Å². The van der Waals surface area contributed by atoms with Crippen LogP contribution in [0.25, 0.3) is 0 Å². The maximum atomic E-state index is 12.3. The van der Waals surface area contributed by atoms with E-state index in [2.05, 4.69) is 5.32 Å². The van der Waals surface area contributed by atoms with Crippen LogP contribution in [0.4, 0.5) is 0 Å². The zero-order chi connectivity index (χ0) is 11.6. The topological polar surface area (TPSA) is 75.4 Å². The molecule has 1 heterocycles. The van der Waals surface area contributed by atoms with Crippen LogP contribution in [0.5, 0.6) is 0 Å². The first-order valence-corrected chi connectivity index (χ1v) is 5.94. The van der Waals surface area contributed by atoms with Crippen LogP contribution in [0.15, 0.2) is 0 Å². The predicted molar refractivity (Wildman–Crippen MR) is 59.5 cm³/mol. The van der Waals surface area contributed by atoms with E-state index in [1.54, 1.807) is 4.90 Å². The van der Waals surface area contributed by atoms with Crippen molar-refractivity contribution in [3.05, 3.63) is 0 Å². The molecule has 0 radical (unpaired) electrons. The number of hydrogen-bond donors (Lipinski definition) is 2. The highest BCUT2D eigenvalue weighted by Crippen LogP contribution is 2.41. The Morgan fingerprint density at radius 3 is 2.75 bits per heavy atom. The van der Waals surface area contributed by atoms with Crippen molar-refractivity contribution < 1.29 is 9.59 Å². The van der Waals surface area contributed by atoms with Crippen molar-refractivity contribution in [1.82, 2.24) is 10.2 Å². The molecule has 2 fully saturated rings. The van der Waals surface area contributed by atoms with Gasteiger partial charge in [0.2, 0.25) is 11.8 Å². The molecule has 0 aromatic heterocycles. The summed E-state index contributed by atoms with van der Waals surface area (Å²) in [5.74, 6) is 0.184. The molecule has 1 aliphatic heterocycles. The van der Waals surface area contributed by atoms with E-state index in [0.717, 1.165) is 19.3 Å². The predicted octanol–water partition coefficient (Wildman–Crippen LogP) is -0.536. The average molecular weight is 225 g/mol. The van der Waals surface area contributed by atoms with Gasteiger partial charge in [-0.3, -0.25) is 9.59 Å². The molecule has 1 saturated carbocycles. The van der Waals surface area contributed by atoms with Gasteiger partial charge in [-0.15, -0.1) is 0 Å². The van der Waals surface area contributed by atoms with Crippen LogP contribution in [-0.4, -0.2) is 42.9 Å². The van der Waals surface area contributed by atoms with Crippen molar-refractivity contribution >= 4 is 11.8 Å². The van der Waals surface area contributed by atoms with Gasteiger partial charge in [-0.05, 0) is 12.8 Å². The van der Waals surface area contributed by atoms with Gasteiger partial charge in [0.05, 0.1) is 5.41 Å². The number of amides is 2. The monoisotopic (exact) mass is 225 g/mol. The van der Waals surface area contributed by atoms with Crippen molar-refractivity contribution in [1.29, 1.82) is 0 Å². The molecule has 0 spiro atoms. The Labute approximate surface area is 95.3 Å². The molecule has 0 aromatic rings. The molecular formula is C11H19N3O2. The van der Waals surface area contributed by atoms with Gasteiger partial charge in [-0.1, -0.05) is 6.42 Å². The Morgan fingerprint density at radius 2 is 2.19 bits per heavy atom. The van der Waals surface area contributed by atoms with Gasteiger partial charge in [-0.25, -0.2) is 0 Å². The summed E-state index contributed by atoms with van der Waals surface area (Å²) in [4.78, 5) is 25.3. The number of carbonyl (C=O) groups excluding carboxylic acids is 2. The van der Waals surface area contributed by atoms with Crippen molar-refractivity contribution in [2.75, 3.05) is 26.2 Å². The Kier molecular flexibility index (Phi) is 3.14. The second-order valence-electron chi connectivity index (χ2n) is 4.73. The number of nitrogens with two attached hydrogens (primary N) is 1. The van der Waals surface area contributed by atoms with Crippen LogP contribution in [0.2, 0.25) is 0 Å². The lowest BCUT2D eigenvalue weighted by molar-refractivity contribution is -0.146. The number of nitrogens with one attached hydrogen (secondary N) is 1. The summed E-state index contributed by atoms with van der Waals surface area (Å²) in [7, 11) is 0. The summed E-state index contributed by atoms with van der Waals surface area (Å²) in [6, 6.07) is 0. The van der Waals surface area contributed by atoms with E-state index in [0.29, 0.717) is 32.6 Å². The third kappa shape index (κ3) is 1.91. The fourth-order valence-corrected chi connectivity index (χ4v) is 2.41. The number of rotatable bonds is 2. The Morgan fingerprint density at radius 1 is 1.44 bits per heavy atom. The number of nitrogens with zero attached hydrogens (tertiary/aromatic N) is 1. The highest BCUT2D eigenvalue weighted by molar-refractivity contribution is 5.85. The van der Waals surface area contributed by atoms with Crippen LogP contribution >= 0.6 is 0 Å². The van der Waals surface area contributed by atoms with E-state index in [4.69, 9.17) is 5.73 Å². The highest BCUT2D eigenvalue weighted by atomic mass is 16.2. The zero-order valence-electron chi connectivity index (χ0n) is 9.50. The van der Waals surface area contributed by atoms with Crippen LogP contribution in [-0.2, 0) is 9.59 Å². The maximum absolute atomic E-state index is 12.3. The smallest absolute Gasteiger partial charge is 0.230 e. The minimum Gasteiger partial charge on any atom is -0.354 e. The van der Waals surface area contributed by atoms with Gasteiger partial charge in [0, 0.05) is 32.6 Å². The van der Waals surface area contributed by atoms with Crippen LogP contribution < -0.4 is 11.1 Å². The minimum absolute atomic E-state index is 0.0331. The highest BCUT2D eigenvalue weighted by Gasteiger charge is 2.45. The largest absolute Gasteiger partial charge is 0.354 e. The van der Waals surface area contributed by atoms with Crippen LogP contribution in [0.1, 0.15) is 25.7 Å². The fraction of sp³-hybridized carbons (Fsp3) is 0.818. The summed E-state index contributed by atoms with van der Waals surface area (Å²) >= 11 is 0. The van der Waals surface area contributed by atoms with Gasteiger partial charge >= 0.3 is 0 Å². The molecule has 0 bridgehead atoms. The maximum Gasteiger partial charge on any atom is 0.230 e. The Hall–Kier alpha value is -1.10. The SMILES string of the molecule is NCC1(C(=O)N2CCNC(=O)CC2)CCC1. The van der Waals surface area contributed by atoms with E-state index in [1.165, 1.54) is 0 Å². The van der Waals surface area contributed by atoms with Gasteiger partial charge in [0.15, 0.2) is 0 Å². The Balaban J connectivity index is 2.00. The lowest BCUT2D eigenvalue weighted by Crippen LogP contribution is -2.52. The van der Waals surface area contributed by atoms with Gasteiger partial charge < -0.3 is 16.0 Å². The molecule has 2 rings (SSSR count). The summed E-state index contributed by atoms with van der Waals surface area (Å²) in [6.45, 7) is 2.15. The summed E-state index contributed by atoms with van der Waals surface area (Å²) in [5, 5.41) is 2.77. The molecule has 16 heavy (non-hydrogen) atoms. The molecule has 90 valence electrons. The fourth-order valence-electron chi connectivity index (χ4n) is 2.41. The van der Waals surface area contributed by atoms with Crippen LogP contribution in [0, 0.1) is 5.41 Å². The van der Waals surface area contributed by atoms with Crippen molar-refractivity contribution in [2.24, 2.45) is 11.1 Å². The number of hydrogen-bond acceptors (Lipinski definition) is 3. The first-order chi connectivity index (χ1) is 7.68. The van der Waals surface area contributed by atoms with Gasteiger partial charge in [-0.2, -0.15) is 0 Å². The standard InChI is InChI=1S/C11H19N3O2/c12-8-11(3-1-4-11)10(16)14-6-2-9(15)13-5-7-14/h1-8,12H2,(H,13,15). The molecule has 3 N–H and O–H groups in total. The van der Waals surface area contributed by atoms with E-state index >= 15 is 0 Å². The third-order valence-corrected chi connectivity index (χ3v) is 3.75. The normalized spacial score (nSPS) is 24.3. The molecule has 5 heteroatoms. The summed E-state index contributed by atoms with van der Waals surface area (Å²) in [6.07, 6.45) is 3.31. The lowest BCUT2D eigenvalue weighted by atomic mass is 9.68. The molecule has 1 saturated heterocycles. The average Bonchev–Trinajstić information content (AvgIpc) is 2.42. The lowest BCUT2D eigenvalue weighted by Gasteiger charge is -2.42. The molecular weight excluding hydrogens is 206 g/mol. The molecule has 2 aliphatic rings. The number of carbonyl (C=O) groups is 2. The van der Waals surface area contributed by atoms with E-state index in [1.807, 2.05) is 0 Å². The van der Waals surface area contributed by atoms with E-state index in [9.17, 15) is 9.59 Å². The van der Waals surface area contributed by atoms with E-state index in [-0.39, 0.29) is 17.2 Å². The van der Waals surface area contributed by atoms with Crippen molar-refractivity contribution in [3.8, 4) is 0 Å². The minimum atomic E-state index is -0.312. The zero-order valence-corrected chi connectivity index (χ0v) is 9.50. The first-order valence-electron chi connectivity index (χ1n) is 5.94. The molecule has 0 aromatic carbocycles. The molecule has 1 aliphatic carbocycles. The second kappa shape index (κ2) is 4.41. The molecule has 2 amide bonds. The van der Waals surface area contributed by atoms with E-state index < -0.39 is 0 Å². The molecule has 0 unspecified atom stereocenters. The third-order valence-electron chi connectivity index (χ3n) is 3.75. The summed E-state index contributed by atoms with van der Waals surface area (Å²) in [5.41, 5.74) is 5.40. The molecule has 5 nitrogen and oxygen atoms in total. The van der Waals surface area contributed by atoms with Crippen molar-refractivity contribution in [2.45, 2.75) is 25.7 Å². The van der Waals surface area contributed by atoms with Crippen molar-refractivity contribution in [3.63, 3.8) is 0 Å².